The molecule has 1 amide bonds. The van der Waals surface area contributed by atoms with E-state index >= 15 is 0 Å². The smallest absolute Gasteiger partial charge is 0.257 e. The van der Waals surface area contributed by atoms with E-state index in [1.807, 2.05) is 13.0 Å². The van der Waals surface area contributed by atoms with E-state index in [1.165, 1.54) is 0 Å². The van der Waals surface area contributed by atoms with Crippen molar-refractivity contribution < 1.29 is 15.0 Å². The van der Waals surface area contributed by atoms with E-state index in [9.17, 15) is 9.90 Å². The molecule has 4 nitrogen and oxygen atoms in total. The molecule has 0 aliphatic heterocycles. The molecular formula is C16H23NO3. The number of nitrogens with zero attached hydrogens (tertiary/aromatic N) is 1. The average molecular weight is 277 g/mol. The second-order valence-corrected chi connectivity index (χ2v) is 5.79. The molecule has 20 heavy (non-hydrogen) atoms. The maximum absolute atomic E-state index is 12.4. The van der Waals surface area contributed by atoms with Crippen LogP contribution in [0.25, 0.3) is 0 Å². The first-order valence-electron chi connectivity index (χ1n) is 7.20. The standard InChI is InChI=1S/C16H23NO3/c1-11-3-8-14(15(19)9-11)16(20)17(2)13-6-4-12(10-18)5-7-13/h3,8-9,12-13,18-19H,4-7,10H2,1-2H3. The van der Waals surface area contributed by atoms with Crippen molar-refractivity contribution in [2.24, 2.45) is 5.92 Å². The summed E-state index contributed by atoms with van der Waals surface area (Å²) >= 11 is 0. The summed E-state index contributed by atoms with van der Waals surface area (Å²) in [5.74, 6) is 0.295. The zero-order valence-electron chi connectivity index (χ0n) is 12.2. The lowest BCUT2D eigenvalue weighted by Crippen LogP contribution is -2.39. The predicted octanol–water partition coefficient (Wildman–Crippen LogP) is 2.32. The number of hydrogen-bond donors (Lipinski definition) is 2. The Morgan fingerprint density at radius 2 is 1.95 bits per heavy atom. The number of hydrogen-bond acceptors (Lipinski definition) is 3. The van der Waals surface area contributed by atoms with Gasteiger partial charge in [-0.3, -0.25) is 4.79 Å². The Bertz CT molecular complexity index is 479. The molecule has 2 N–H and O–H groups in total. The fourth-order valence-electron chi connectivity index (χ4n) is 2.89. The number of aliphatic hydroxyl groups is 1. The van der Waals surface area contributed by atoms with Crippen LogP contribution in [0.1, 0.15) is 41.6 Å². The van der Waals surface area contributed by atoms with Crippen molar-refractivity contribution >= 4 is 5.91 Å². The number of benzene rings is 1. The topological polar surface area (TPSA) is 60.8 Å². The Labute approximate surface area is 120 Å². The molecule has 0 spiro atoms. The van der Waals surface area contributed by atoms with Crippen molar-refractivity contribution in [3.8, 4) is 5.75 Å². The summed E-state index contributed by atoms with van der Waals surface area (Å²) in [6.07, 6.45) is 3.75. The van der Waals surface area contributed by atoms with E-state index in [-0.39, 0.29) is 24.3 Å². The first-order valence-corrected chi connectivity index (χ1v) is 7.20. The van der Waals surface area contributed by atoms with Crippen LogP contribution in [-0.2, 0) is 0 Å². The Kier molecular flexibility index (Phi) is 4.65. The zero-order chi connectivity index (χ0) is 14.7. The van der Waals surface area contributed by atoms with Crippen LogP contribution in [0, 0.1) is 12.8 Å². The summed E-state index contributed by atoms with van der Waals surface area (Å²) in [7, 11) is 1.80. The van der Waals surface area contributed by atoms with Crippen LogP contribution in [0.4, 0.5) is 0 Å². The third-order valence-corrected chi connectivity index (χ3v) is 4.33. The highest BCUT2D eigenvalue weighted by atomic mass is 16.3. The monoisotopic (exact) mass is 277 g/mol. The molecule has 1 aromatic carbocycles. The molecule has 0 aromatic heterocycles. The van der Waals surface area contributed by atoms with Gasteiger partial charge in [-0.15, -0.1) is 0 Å². The number of rotatable bonds is 3. The van der Waals surface area contributed by atoms with Crippen LogP contribution >= 0.6 is 0 Å². The molecule has 0 heterocycles. The zero-order valence-corrected chi connectivity index (χ0v) is 12.2. The second kappa shape index (κ2) is 6.27. The lowest BCUT2D eigenvalue weighted by Gasteiger charge is -2.34. The van der Waals surface area contributed by atoms with Gasteiger partial charge < -0.3 is 15.1 Å². The maximum Gasteiger partial charge on any atom is 0.257 e. The highest BCUT2D eigenvalue weighted by molar-refractivity contribution is 5.96. The fraction of sp³-hybridized carbons (Fsp3) is 0.562. The van der Waals surface area contributed by atoms with Crippen molar-refractivity contribution in [3.05, 3.63) is 29.3 Å². The van der Waals surface area contributed by atoms with Gasteiger partial charge in [0.2, 0.25) is 0 Å². The van der Waals surface area contributed by atoms with Crippen molar-refractivity contribution in [2.45, 2.75) is 38.6 Å². The Hall–Kier alpha value is -1.55. The van der Waals surface area contributed by atoms with Crippen molar-refractivity contribution in [3.63, 3.8) is 0 Å². The van der Waals surface area contributed by atoms with E-state index in [2.05, 4.69) is 0 Å². The summed E-state index contributed by atoms with van der Waals surface area (Å²) in [4.78, 5) is 14.2. The lowest BCUT2D eigenvalue weighted by atomic mass is 9.86. The van der Waals surface area contributed by atoms with Crippen LogP contribution in [0.5, 0.6) is 5.75 Å². The normalized spacial score (nSPS) is 22.6. The predicted molar refractivity (Wildman–Crippen MR) is 77.8 cm³/mol. The maximum atomic E-state index is 12.4. The van der Waals surface area contributed by atoms with E-state index < -0.39 is 0 Å². The number of aryl methyl sites for hydroxylation is 1. The molecule has 0 radical (unpaired) electrons. The number of phenolic OH excluding ortho intramolecular Hbond substituents is 1. The molecular weight excluding hydrogens is 254 g/mol. The van der Waals surface area contributed by atoms with Crippen LogP contribution in [0.3, 0.4) is 0 Å². The lowest BCUT2D eigenvalue weighted by molar-refractivity contribution is 0.0650. The Morgan fingerprint density at radius 1 is 1.30 bits per heavy atom. The van der Waals surface area contributed by atoms with E-state index in [1.54, 1.807) is 24.1 Å². The molecule has 1 aromatic rings. The third-order valence-electron chi connectivity index (χ3n) is 4.33. The highest BCUT2D eigenvalue weighted by Crippen LogP contribution is 2.28. The molecule has 0 bridgehead atoms. The molecule has 1 saturated carbocycles. The number of carbonyl (C=O) groups excluding carboxylic acids is 1. The summed E-state index contributed by atoms with van der Waals surface area (Å²) in [5, 5.41) is 19.1. The van der Waals surface area contributed by atoms with Gasteiger partial charge in [0.1, 0.15) is 5.75 Å². The Morgan fingerprint density at radius 3 is 2.50 bits per heavy atom. The SMILES string of the molecule is Cc1ccc(C(=O)N(C)C2CCC(CO)CC2)c(O)c1. The highest BCUT2D eigenvalue weighted by Gasteiger charge is 2.27. The van der Waals surface area contributed by atoms with Crippen LogP contribution in [0.15, 0.2) is 18.2 Å². The Balaban J connectivity index is 2.05. The minimum Gasteiger partial charge on any atom is -0.507 e. The first kappa shape index (κ1) is 14.9. The number of aliphatic hydroxyl groups excluding tert-OH is 1. The van der Waals surface area contributed by atoms with E-state index in [4.69, 9.17) is 5.11 Å². The van der Waals surface area contributed by atoms with Gasteiger partial charge >= 0.3 is 0 Å². The summed E-state index contributed by atoms with van der Waals surface area (Å²) in [6, 6.07) is 5.33. The van der Waals surface area contributed by atoms with Crippen molar-refractivity contribution in [1.29, 1.82) is 0 Å². The molecule has 1 aliphatic rings. The third kappa shape index (κ3) is 3.12. The number of carbonyl (C=O) groups is 1. The van der Waals surface area contributed by atoms with Gasteiger partial charge in [-0.2, -0.15) is 0 Å². The summed E-state index contributed by atoms with van der Waals surface area (Å²) < 4.78 is 0. The molecule has 1 aliphatic carbocycles. The molecule has 0 saturated heterocycles. The minimum absolute atomic E-state index is 0.0471. The second-order valence-electron chi connectivity index (χ2n) is 5.79. The van der Waals surface area contributed by atoms with Gasteiger partial charge in [0.15, 0.2) is 0 Å². The average Bonchev–Trinajstić information content (AvgIpc) is 2.46. The first-order chi connectivity index (χ1) is 9.52. The van der Waals surface area contributed by atoms with Crippen LogP contribution in [0.2, 0.25) is 0 Å². The fourth-order valence-corrected chi connectivity index (χ4v) is 2.89. The molecule has 0 unspecified atom stereocenters. The molecule has 4 heteroatoms. The molecule has 110 valence electrons. The van der Waals surface area contributed by atoms with E-state index in [0.717, 1.165) is 31.2 Å². The quantitative estimate of drug-likeness (QED) is 0.891. The van der Waals surface area contributed by atoms with Crippen LogP contribution < -0.4 is 0 Å². The van der Waals surface area contributed by atoms with Gasteiger partial charge in [-0.25, -0.2) is 0 Å². The van der Waals surface area contributed by atoms with E-state index in [0.29, 0.717) is 11.5 Å². The molecule has 1 fully saturated rings. The number of aromatic hydroxyl groups is 1. The molecule has 0 atom stereocenters. The largest absolute Gasteiger partial charge is 0.507 e. The number of amides is 1. The van der Waals surface area contributed by atoms with Gasteiger partial charge in [-0.1, -0.05) is 6.07 Å². The molecule has 2 rings (SSSR count). The van der Waals surface area contributed by atoms with Gasteiger partial charge in [0, 0.05) is 19.7 Å². The van der Waals surface area contributed by atoms with Gasteiger partial charge in [0.05, 0.1) is 5.56 Å². The summed E-state index contributed by atoms with van der Waals surface area (Å²) in [6.45, 7) is 2.12. The van der Waals surface area contributed by atoms with Gasteiger partial charge in [-0.05, 0) is 56.2 Å². The minimum atomic E-state index is -0.130. The van der Waals surface area contributed by atoms with Gasteiger partial charge in [0.25, 0.3) is 5.91 Å². The van der Waals surface area contributed by atoms with Crippen LogP contribution in [-0.4, -0.2) is 40.7 Å². The summed E-state index contributed by atoms with van der Waals surface area (Å²) in [5.41, 5.74) is 1.30. The van der Waals surface area contributed by atoms with Crippen molar-refractivity contribution in [1.82, 2.24) is 4.90 Å². The van der Waals surface area contributed by atoms with Crippen molar-refractivity contribution in [2.75, 3.05) is 13.7 Å². The number of phenols is 1.